The van der Waals surface area contributed by atoms with E-state index in [-0.39, 0.29) is 0 Å². The molecule has 3 heteroatoms. The van der Waals surface area contributed by atoms with Crippen LogP contribution < -0.4 is 5.32 Å². The zero-order valence-corrected chi connectivity index (χ0v) is 14.1. The Kier molecular flexibility index (Phi) is 6.31. The summed E-state index contributed by atoms with van der Waals surface area (Å²) in [5, 5.41) is 3.60. The Hall–Kier alpha value is -0.120. The average molecular weight is 281 g/mol. The molecule has 2 aliphatic rings. The van der Waals surface area contributed by atoms with Crippen molar-refractivity contribution in [2.24, 2.45) is 17.8 Å². The van der Waals surface area contributed by atoms with Gasteiger partial charge in [-0.1, -0.05) is 20.8 Å². The molecule has 3 nitrogen and oxygen atoms in total. The van der Waals surface area contributed by atoms with Crippen molar-refractivity contribution in [2.75, 3.05) is 46.3 Å². The molecule has 1 saturated heterocycles. The van der Waals surface area contributed by atoms with Gasteiger partial charge < -0.3 is 15.1 Å². The topological polar surface area (TPSA) is 18.5 Å². The first-order valence-electron chi connectivity index (χ1n) is 8.76. The number of hydrogen-bond acceptors (Lipinski definition) is 3. The molecule has 4 atom stereocenters. The zero-order valence-electron chi connectivity index (χ0n) is 14.1. The van der Waals surface area contributed by atoms with E-state index in [1.54, 1.807) is 0 Å². The van der Waals surface area contributed by atoms with Crippen molar-refractivity contribution >= 4 is 0 Å². The Balaban J connectivity index is 1.83. The molecule has 0 spiro atoms. The first-order chi connectivity index (χ1) is 9.63. The summed E-state index contributed by atoms with van der Waals surface area (Å²) in [4.78, 5) is 5.34. The van der Waals surface area contributed by atoms with E-state index >= 15 is 0 Å². The fraction of sp³-hybridized carbons (Fsp3) is 1.00. The molecule has 0 radical (unpaired) electrons. The first-order valence-corrected chi connectivity index (χ1v) is 8.76. The molecule has 1 N–H and O–H groups in total. The van der Waals surface area contributed by atoms with Gasteiger partial charge in [-0.25, -0.2) is 0 Å². The molecule has 1 saturated carbocycles. The summed E-state index contributed by atoms with van der Waals surface area (Å²) in [6.45, 7) is 14.9. The highest BCUT2D eigenvalue weighted by Crippen LogP contribution is 2.34. The predicted molar refractivity (Wildman–Crippen MR) is 87.1 cm³/mol. The average Bonchev–Trinajstić information content (AvgIpc) is 2.43. The Labute approximate surface area is 126 Å². The maximum Gasteiger partial charge on any atom is 0.0110 e. The minimum Gasteiger partial charge on any atom is -0.317 e. The van der Waals surface area contributed by atoms with Crippen LogP contribution in [0.15, 0.2) is 0 Å². The van der Waals surface area contributed by atoms with E-state index in [1.165, 1.54) is 58.5 Å². The largest absolute Gasteiger partial charge is 0.317 e. The SMILES string of the molecule is CCCN1CCN(CC2C(C)CC(C)CC2NC)CC1. The standard InChI is InChI=1S/C17H35N3/c1-5-6-19-7-9-20(10-8-19)13-16-15(3)11-14(2)12-17(16)18-4/h14-18H,5-13H2,1-4H3. The summed E-state index contributed by atoms with van der Waals surface area (Å²) >= 11 is 0. The van der Waals surface area contributed by atoms with E-state index in [9.17, 15) is 0 Å². The van der Waals surface area contributed by atoms with Gasteiger partial charge in [-0.05, 0) is 50.6 Å². The van der Waals surface area contributed by atoms with Gasteiger partial charge in [-0.15, -0.1) is 0 Å². The smallest absolute Gasteiger partial charge is 0.0110 e. The lowest BCUT2D eigenvalue weighted by molar-refractivity contribution is 0.0702. The highest BCUT2D eigenvalue weighted by molar-refractivity contribution is 4.89. The van der Waals surface area contributed by atoms with Crippen molar-refractivity contribution in [1.82, 2.24) is 15.1 Å². The Bertz CT molecular complexity index is 273. The lowest BCUT2D eigenvalue weighted by atomic mass is 9.72. The summed E-state index contributed by atoms with van der Waals surface area (Å²) < 4.78 is 0. The molecule has 0 aromatic heterocycles. The number of nitrogens with one attached hydrogen (secondary N) is 1. The zero-order chi connectivity index (χ0) is 14.5. The first kappa shape index (κ1) is 16.3. The van der Waals surface area contributed by atoms with E-state index in [2.05, 4.69) is 42.9 Å². The molecule has 2 rings (SSSR count). The third-order valence-electron chi connectivity index (χ3n) is 5.52. The second kappa shape index (κ2) is 7.77. The molecule has 1 aliphatic carbocycles. The molecule has 1 aliphatic heterocycles. The molecular formula is C17H35N3. The number of nitrogens with zero attached hydrogens (tertiary/aromatic N) is 2. The minimum absolute atomic E-state index is 0.724. The van der Waals surface area contributed by atoms with Crippen LogP contribution in [-0.2, 0) is 0 Å². The van der Waals surface area contributed by atoms with E-state index in [1.807, 2.05) is 0 Å². The Morgan fingerprint density at radius 3 is 2.25 bits per heavy atom. The lowest BCUT2D eigenvalue weighted by Gasteiger charge is -2.44. The highest BCUT2D eigenvalue weighted by atomic mass is 15.3. The van der Waals surface area contributed by atoms with Gasteiger partial charge in [0.1, 0.15) is 0 Å². The van der Waals surface area contributed by atoms with E-state index < -0.39 is 0 Å². The van der Waals surface area contributed by atoms with Crippen LogP contribution in [0.4, 0.5) is 0 Å². The molecule has 0 bridgehead atoms. The van der Waals surface area contributed by atoms with Crippen molar-refractivity contribution in [2.45, 2.75) is 46.1 Å². The van der Waals surface area contributed by atoms with Gasteiger partial charge in [0.15, 0.2) is 0 Å². The van der Waals surface area contributed by atoms with Crippen LogP contribution in [0.1, 0.15) is 40.0 Å². The van der Waals surface area contributed by atoms with Crippen LogP contribution in [0.3, 0.4) is 0 Å². The number of piperazine rings is 1. The van der Waals surface area contributed by atoms with Gasteiger partial charge in [0, 0.05) is 38.8 Å². The van der Waals surface area contributed by atoms with Crippen LogP contribution in [0, 0.1) is 17.8 Å². The highest BCUT2D eigenvalue weighted by Gasteiger charge is 2.34. The maximum absolute atomic E-state index is 3.60. The third-order valence-corrected chi connectivity index (χ3v) is 5.52. The van der Waals surface area contributed by atoms with Crippen molar-refractivity contribution in [3.8, 4) is 0 Å². The van der Waals surface area contributed by atoms with Crippen LogP contribution in [0.25, 0.3) is 0 Å². The maximum atomic E-state index is 3.60. The molecule has 0 aromatic carbocycles. The predicted octanol–water partition coefficient (Wildman–Crippen LogP) is 2.28. The van der Waals surface area contributed by atoms with Crippen molar-refractivity contribution in [3.05, 3.63) is 0 Å². The molecule has 20 heavy (non-hydrogen) atoms. The van der Waals surface area contributed by atoms with Crippen LogP contribution in [0.5, 0.6) is 0 Å². The normalized spacial score (nSPS) is 37.2. The molecule has 0 aromatic rings. The minimum atomic E-state index is 0.724. The van der Waals surface area contributed by atoms with Crippen LogP contribution >= 0.6 is 0 Å². The Morgan fingerprint density at radius 1 is 1.00 bits per heavy atom. The van der Waals surface area contributed by atoms with E-state index in [4.69, 9.17) is 0 Å². The van der Waals surface area contributed by atoms with Crippen molar-refractivity contribution in [3.63, 3.8) is 0 Å². The molecule has 1 heterocycles. The summed E-state index contributed by atoms with van der Waals surface area (Å²) in [5.74, 6) is 2.60. The lowest BCUT2D eigenvalue weighted by Crippen LogP contribution is -2.52. The van der Waals surface area contributed by atoms with Crippen molar-refractivity contribution < 1.29 is 0 Å². The molecule has 118 valence electrons. The van der Waals surface area contributed by atoms with Gasteiger partial charge in [0.25, 0.3) is 0 Å². The Morgan fingerprint density at radius 2 is 1.65 bits per heavy atom. The van der Waals surface area contributed by atoms with Gasteiger partial charge in [-0.2, -0.15) is 0 Å². The van der Waals surface area contributed by atoms with E-state index in [0.29, 0.717) is 0 Å². The molecular weight excluding hydrogens is 246 g/mol. The fourth-order valence-electron chi connectivity index (χ4n) is 4.36. The quantitative estimate of drug-likeness (QED) is 0.834. The summed E-state index contributed by atoms with van der Waals surface area (Å²) in [6, 6.07) is 0.724. The van der Waals surface area contributed by atoms with Gasteiger partial charge in [-0.3, -0.25) is 0 Å². The molecule has 2 fully saturated rings. The van der Waals surface area contributed by atoms with Gasteiger partial charge >= 0.3 is 0 Å². The third kappa shape index (κ3) is 4.19. The molecule has 0 amide bonds. The second-order valence-corrected chi connectivity index (χ2v) is 7.26. The van der Waals surface area contributed by atoms with E-state index in [0.717, 1.165) is 23.8 Å². The van der Waals surface area contributed by atoms with Gasteiger partial charge in [0.2, 0.25) is 0 Å². The number of rotatable bonds is 5. The number of hydrogen-bond donors (Lipinski definition) is 1. The van der Waals surface area contributed by atoms with Crippen molar-refractivity contribution in [1.29, 1.82) is 0 Å². The summed E-state index contributed by atoms with van der Waals surface area (Å²) in [5.41, 5.74) is 0. The van der Waals surface area contributed by atoms with Crippen LogP contribution in [-0.4, -0.2) is 62.2 Å². The van der Waals surface area contributed by atoms with Gasteiger partial charge in [0.05, 0.1) is 0 Å². The summed E-state index contributed by atoms with van der Waals surface area (Å²) in [7, 11) is 2.15. The fourth-order valence-corrected chi connectivity index (χ4v) is 4.36. The molecule has 4 unspecified atom stereocenters. The monoisotopic (exact) mass is 281 g/mol. The second-order valence-electron chi connectivity index (χ2n) is 7.26. The van der Waals surface area contributed by atoms with Crippen LogP contribution in [0.2, 0.25) is 0 Å². The summed E-state index contributed by atoms with van der Waals surface area (Å²) in [6.07, 6.45) is 4.07.